The molecule has 0 spiro atoms. The highest BCUT2D eigenvalue weighted by atomic mass is 16.5. The predicted octanol–water partition coefficient (Wildman–Crippen LogP) is 1.38. The molecule has 0 radical (unpaired) electrons. The Morgan fingerprint density at radius 2 is 1.68 bits per heavy atom. The van der Waals surface area contributed by atoms with Gasteiger partial charge in [-0.1, -0.05) is 26.7 Å². The quantitative estimate of drug-likeness (QED) is 0.535. The summed E-state index contributed by atoms with van der Waals surface area (Å²) < 4.78 is 5.49. The molecule has 6 heteroatoms. The second-order valence-electron chi connectivity index (χ2n) is 7.60. The molecule has 6 nitrogen and oxygen atoms in total. The molecule has 2 fully saturated rings. The van der Waals surface area contributed by atoms with Gasteiger partial charge in [-0.3, -0.25) is 9.89 Å². The molecule has 2 N–H and O–H groups in total. The molecule has 2 saturated heterocycles. The first-order chi connectivity index (χ1) is 12.2. The fourth-order valence-corrected chi connectivity index (χ4v) is 3.81. The number of hydrogen-bond acceptors (Lipinski definition) is 4. The molecule has 0 aromatic rings. The summed E-state index contributed by atoms with van der Waals surface area (Å²) in [5.41, 5.74) is 0. The summed E-state index contributed by atoms with van der Waals surface area (Å²) in [4.78, 5) is 9.53. The second kappa shape index (κ2) is 11.7. The fraction of sp³-hybridized carbons (Fsp3) is 0.947. The van der Waals surface area contributed by atoms with Crippen LogP contribution in [0.4, 0.5) is 0 Å². The molecule has 0 aromatic carbocycles. The topological polar surface area (TPSA) is 52.1 Å². The summed E-state index contributed by atoms with van der Waals surface area (Å²) in [5, 5.41) is 7.02. The van der Waals surface area contributed by atoms with Gasteiger partial charge in [0.25, 0.3) is 0 Å². The Morgan fingerprint density at radius 3 is 2.28 bits per heavy atom. The summed E-state index contributed by atoms with van der Waals surface area (Å²) in [6.45, 7) is 13.9. The SMILES string of the molecule is CN=C(NCCN1CCCCCC1)NCC(C(C)C)N1CCOCC1. The fourth-order valence-electron chi connectivity index (χ4n) is 3.81. The molecule has 0 aromatic heterocycles. The van der Waals surface area contributed by atoms with E-state index in [4.69, 9.17) is 4.74 Å². The van der Waals surface area contributed by atoms with Crippen molar-refractivity contribution >= 4 is 5.96 Å². The summed E-state index contributed by atoms with van der Waals surface area (Å²) in [7, 11) is 1.86. The zero-order valence-electron chi connectivity index (χ0n) is 16.6. The van der Waals surface area contributed by atoms with Crippen molar-refractivity contribution in [3.63, 3.8) is 0 Å². The number of nitrogens with zero attached hydrogens (tertiary/aromatic N) is 3. The summed E-state index contributed by atoms with van der Waals surface area (Å²) in [5.74, 6) is 1.54. The van der Waals surface area contributed by atoms with Crippen molar-refractivity contribution in [2.24, 2.45) is 10.9 Å². The van der Waals surface area contributed by atoms with Crippen molar-refractivity contribution in [2.45, 2.75) is 45.6 Å². The molecule has 2 aliphatic heterocycles. The third kappa shape index (κ3) is 7.50. The van der Waals surface area contributed by atoms with Crippen molar-refractivity contribution in [2.75, 3.05) is 66.1 Å². The van der Waals surface area contributed by atoms with Crippen LogP contribution in [0.5, 0.6) is 0 Å². The number of rotatable bonds is 7. The lowest BCUT2D eigenvalue weighted by molar-refractivity contribution is 0.00752. The van der Waals surface area contributed by atoms with Gasteiger partial charge in [-0.25, -0.2) is 0 Å². The van der Waals surface area contributed by atoms with E-state index in [1.54, 1.807) is 0 Å². The Morgan fingerprint density at radius 1 is 1.00 bits per heavy atom. The second-order valence-corrected chi connectivity index (χ2v) is 7.60. The number of morpholine rings is 1. The highest BCUT2D eigenvalue weighted by molar-refractivity contribution is 5.79. The Bertz CT molecular complexity index is 374. The van der Waals surface area contributed by atoms with Gasteiger partial charge in [0.2, 0.25) is 0 Å². The molecule has 2 aliphatic rings. The van der Waals surface area contributed by atoms with E-state index < -0.39 is 0 Å². The molecule has 2 rings (SSSR count). The number of ether oxygens (including phenoxy) is 1. The molecular weight excluding hydrogens is 314 g/mol. The molecule has 2 heterocycles. The van der Waals surface area contributed by atoms with E-state index in [1.165, 1.54) is 38.8 Å². The molecule has 25 heavy (non-hydrogen) atoms. The van der Waals surface area contributed by atoms with E-state index in [0.29, 0.717) is 12.0 Å². The highest BCUT2D eigenvalue weighted by Crippen LogP contribution is 2.12. The van der Waals surface area contributed by atoms with Crippen LogP contribution >= 0.6 is 0 Å². The van der Waals surface area contributed by atoms with Crippen LogP contribution < -0.4 is 10.6 Å². The number of aliphatic imine (C=N–C) groups is 1. The smallest absolute Gasteiger partial charge is 0.191 e. The first kappa shape index (κ1) is 20.5. The zero-order chi connectivity index (χ0) is 17.9. The van der Waals surface area contributed by atoms with Crippen LogP contribution in [0.1, 0.15) is 39.5 Å². The van der Waals surface area contributed by atoms with E-state index in [1.807, 2.05) is 7.05 Å². The molecule has 1 atom stereocenters. The highest BCUT2D eigenvalue weighted by Gasteiger charge is 2.23. The molecule has 0 saturated carbocycles. The lowest BCUT2D eigenvalue weighted by atomic mass is 10.0. The number of likely N-dealkylation sites (tertiary alicyclic amines) is 1. The van der Waals surface area contributed by atoms with Crippen molar-refractivity contribution in [1.82, 2.24) is 20.4 Å². The first-order valence-electron chi connectivity index (χ1n) is 10.2. The van der Waals surface area contributed by atoms with Gasteiger partial charge in [-0.15, -0.1) is 0 Å². The average Bonchev–Trinajstić information content (AvgIpc) is 2.90. The Hall–Kier alpha value is -0.850. The summed E-state index contributed by atoms with van der Waals surface area (Å²) in [6, 6.07) is 0.521. The molecule has 146 valence electrons. The maximum Gasteiger partial charge on any atom is 0.191 e. The minimum Gasteiger partial charge on any atom is -0.379 e. The van der Waals surface area contributed by atoms with Crippen LogP contribution in [0.15, 0.2) is 4.99 Å². The first-order valence-corrected chi connectivity index (χ1v) is 10.2. The lowest BCUT2D eigenvalue weighted by Gasteiger charge is -2.37. The summed E-state index contributed by atoms with van der Waals surface area (Å²) >= 11 is 0. The van der Waals surface area contributed by atoms with E-state index in [9.17, 15) is 0 Å². The normalized spacial score (nSPS) is 22.6. The third-order valence-corrected chi connectivity index (χ3v) is 5.41. The van der Waals surface area contributed by atoms with Crippen molar-refractivity contribution in [3.05, 3.63) is 0 Å². The van der Waals surface area contributed by atoms with Gasteiger partial charge in [0.1, 0.15) is 0 Å². The minimum atomic E-state index is 0.521. The minimum absolute atomic E-state index is 0.521. The molecule has 0 amide bonds. The molecule has 0 aliphatic carbocycles. The monoisotopic (exact) mass is 353 g/mol. The maximum absolute atomic E-state index is 5.49. The van der Waals surface area contributed by atoms with E-state index in [-0.39, 0.29) is 0 Å². The number of hydrogen-bond donors (Lipinski definition) is 2. The number of guanidine groups is 1. The van der Waals surface area contributed by atoms with Gasteiger partial charge in [0, 0.05) is 45.8 Å². The Balaban J connectivity index is 1.70. The largest absolute Gasteiger partial charge is 0.379 e. The van der Waals surface area contributed by atoms with Gasteiger partial charge in [0.05, 0.1) is 13.2 Å². The van der Waals surface area contributed by atoms with Gasteiger partial charge in [-0.05, 0) is 31.8 Å². The third-order valence-electron chi connectivity index (χ3n) is 5.41. The van der Waals surface area contributed by atoms with E-state index >= 15 is 0 Å². The standard InChI is InChI=1S/C19H39N5O/c1-17(2)18(24-12-14-25-15-13-24)16-22-19(20-3)21-8-11-23-9-6-4-5-7-10-23/h17-18H,4-16H2,1-3H3,(H2,20,21,22). The van der Waals surface area contributed by atoms with Crippen LogP contribution in [0.2, 0.25) is 0 Å². The van der Waals surface area contributed by atoms with Crippen molar-refractivity contribution < 1.29 is 4.74 Å². The van der Waals surface area contributed by atoms with Crippen molar-refractivity contribution in [3.8, 4) is 0 Å². The zero-order valence-corrected chi connectivity index (χ0v) is 16.6. The molecule has 1 unspecified atom stereocenters. The van der Waals surface area contributed by atoms with Gasteiger partial charge < -0.3 is 20.3 Å². The van der Waals surface area contributed by atoms with Crippen LogP contribution in [0, 0.1) is 5.92 Å². The molecular formula is C19H39N5O. The van der Waals surface area contributed by atoms with Gasteiger partial charge in [0.15, 0.2) is 5.96 Å². The molecule has 0 bridgehead atoms. The van der Waals surface area contributed by atoms with E-state index in [2.05, 4.69) is 39.3 Å². The Kier molecular flexibility index (Phi) is 9.58. The van der Waals surface area contributed by atoms with Gasteiger partial charge >= 0.3 is 0 Å². The summed E-state index contributed by atoms with van der Waals surface area (Å²) in [6.07, 6.45) is 5.49. The number of nitrogens with one attached hydrogen (secondary N) is 2. The lowest BCUT2D eigenvalue weighted by Crippen LogP contribution is -2.53. The Labute approximate surface area is 154 Å². The van der Waals surface area contributed by atoms with E-state index in [0.717, 1.165) is 51.9 Å². The van der Waals surface area contributed by atoms with Crippen molar-refractivity contribution in [1.29, 1.82) is 0 Å². The van der Waals surface area contributed by atoms with Crippen LogP contribution in [-0.2, 0) is 4.74 Å². The van der Waals surface area contributed by atoms with Crippen LogP contribution in [0.25, 0.3) is 0 Å². The average molecular weight is 354 g/mol. The van der Waals surface area contributed by atoms with Gasteiger partial charge in [-0.2, -0.15) is 0 Å². The predicted molar refractivity (Wildman–Crippen MR) is 105 cm³/mol. The van der Waals surface area contributed by atoms with Crippen LogP contribution in [0.3, 0.4) is 0 Å². The maximum atomic E-state index is 5.49. The van der Waals surface area contributed by atoms with Crippen LogP contribution in [-0.4, -0.2) is 87.9 Å².